The van der Waals surface area contributed by atoms with Crippen molar-refractivity contribution in [3.05, 3.63) is 137 Å². The zero-order valence-electron chi connectivity index (χ0n) is 16.2. The summed E-state index contributed by atoms with van der Waals surface area (Å²) < 4.78 is 5.63. The Morgan fingerprint density at radius 1 is 0.552 bits per heavy atom. The van der Waals surface area contributed by atoms with Gasteiger partial charge in [-0.05, 0) is 39.9 Å². The van der Waals surface area contributed by atoms with Gasteiger partial charge in [0.05, 0.1) is 13.2 Å². The summed E-state index contributed by atoms with van der Waals surface area (Å²) in [6.07, 6.45) is 0. The SMILES string of the molecule is c1ccc(C(Nc2ccc3c(c2)COC3)(c2ccccc2)c2ccccc2)cc1. The van der Waals surface area contributed by atoms with Crippen LogP contribution in [0, 0.1) is 0 Å². The number of ether oxygens (including phenoxy) is 1. The molecule has 2 heteroatoms. The van der Waals surface area contributed by atoms with Crippen LogP contribution in [0.3, 0.4) is 0 Å². The molecule has 4 aromatic rings. The van der Waals surface area contributed by atoms with Gasteiger partial charge in [-0.25, -0.2) is 0 Å². The van der Waals surface area contributed by atoms with Crippen molar-refractivity contribution >= 4 is 5.69 Å². The van der Waals surface area contributed by atoms with Crippen LogP contribution in [0.5, 0.6) is 0 Å². The summed E-state index contributed by atoms with van der Waals surface area (Å²) in [5.41, 5.74) is 6.74. The lowest BCUT2D eigenvalue weighted by Gasteiger charge is -2.38. The minimum atomic E-state index is -0.503. The van der Waals surface area contributed by atoms with Crippen LogP contribution >= 0.6 is 0 Å². The van der Waals surface area contributed by atoms with Crippen LogP contribution in [0.2, 0.25) is 0 Å². The molecule has 1 aliphatic rings. The molecule has 0 aliphatic carbocycles. The van der Waals surface area contributed by atoms with Crippen LogP contribution in [0.4, 0.5) is 5.69 Å². The molecular formula is C27H23NO. The van der Waals surface area contributed by atoms with Crippen LogP contribution in [0.1, 0.15) is 27.8 Å². The first-order valence-corrected chi connectivity index (χ1v) is 10.0. The maximum Gasteiger partial charge on any atom is 0.114 e. The first-order chi connectivity index (χ1) is 14.4. The van der Waals surface area contributed by atoms with Gasteiger partial charge in [0.2, 0.25) is 0 Å². The molecule has 2 nitrogen and oxygen atoms in total. The van der Waals surface area contributed by atoms with Gasteiger partial charge in [0.25, 0.3) is 0 Å². The second-order valence-corrected chi connectivity index (χ2v) is 7.45. The Kier molecular flexibility index (Phi) is 4.63. The number of rotatable bonds is 5. The molecule has 5 rings (SSSR count). The summed E-state index contributed by atoms with van der Waals surface area (Å²) in [4.78, 5) is 0. The smallest absolute Gasteiger partial charge is 0.114 e. The molecule has 0 saturated heterocycles. The van der Waals surface area contributed by atoms with Gasteiger partial charge in [-0.15, -0.1) is 0 Å². The van der Waals surface area contributed by atoms with Gasteiger partial charge in [0.15, 0.2) is 0 Å². The fraction of sp³-hybridized carbons (Fsp3) is 0.111. The third-order valence-electron chi connectivity index (χ3n) is 5.67. The normalized spacial score (nSPS) is 13.1. The van der Waals surface area contributed by atoms with Crippen LogP contribution in [-0.2, 0) is 23.5 Å². The van der Waals surface area contributed by atoms with E-state index in [1.54, 1.807) is 0 Å². The topological polar surface area (TPSA) is 21.3 Å². The van der Waals surface area contributed by atoms with Gasteiger partial charge in [-0.1, -0.05) is 97.1 Å². The van der Waals surface area contributed by atoms with Crippen LogP contribution in [0.25, 0.3) is 0 Å². The molecule has 0 unspecified atom stereocenters. The van der Waals surface area contributed by atoms with Crippen molar-refractivity contribution in [3.8, 4) is 0 Å². The second kappa shape index (κ2) is 7.57. The first-order valence-electron chi connectivity index (χ1n) is 10.0. The number of anilines is 1. The van der Waals surface area contributed by atoms with E-state index in [1.807, 2.05) is 0 Å². The van der Waals surface area contributed by atoms with Crippen molar-refractivity contribution in [1.82, 2.24) is 0 Å². The lowest BCUT2D eigenvalue weighted by Crippen LogP contribution is -2.38. The van der Waals surface area contributed by atoms with E-state index in [0.717, 1.165) is 5.69 Å². The fourth-order valence-corrected chi connectivity index (χ4v) is 4.25. The number of hydrogen-bond acceptors (Lipinski definition) is 2. The van der Waals surface area contributed by atoms with E-state index < -0.39 is 5.54 Å². The Balaban J connectivity index is 1.74. The highest BCUT2D eigenvalue weighted by Crippen LogP contribution is 2.40. The monoisotopic (exact) mass is 377 g/mol. The van der Waals surface area contributed by atoms with E-state index in [4.69, 9.17) is 4.74 Å². The number of fused-ring (bicyclic) bond motifs is 1. The molecule has 1 N–H and O–H groups in total. The lowest BCUT2D eigenvalue weighted by atomic mass is 9.76. The lowest BCUT2D eigenvalue weighted by molar-refractivity contribution is 0.134. The number of hydrogen-bond donors (Lipinski definition) is 1. The summed E-state index contributed by atoms with van der Waals surface area (Å²) in [6, 6.07) is 38.6. The zero-order chi connectivity index (χ0) is 19.5. The molecule has 0 aromatic heterocycles. The quantitative estimate of drug-likeness (QED) is 0.423. The maximum absolute atomic E-state index is 5.63. The Hall–Kier alpha value is -3.36. The highest BCUT2D eigenvalue weighted by Gasteiger charge is 2.36. The van der Waals surface area contributed by atoms with Crippen molar-refractivity contribution in [2.75, 3.05) is 5.32 Å². The maximum atomic E-state index is 5.63. The van der Waals surface area contributed by atoms with Crippen LogP contribution in [0.15, 0.2) is 109 Å². The third kappa shape index (κ3) is 3.22. The van der Waals surface area contributed by atoms with E-state index in [1.165, 1.54) is 27.8 Å². The van der Waals surface area contributed by atoms with Gasteiger partial charge < -0.3 is 10.1 Å². The average molecular weight is 377 g/mol. The van der Waals surface area contributed by atoms with E-state index in [0.29, 0.717) is 13.2 Å². The van der Waals surface area contributed by atoms with Gasteiger partial charge in [0.1, 0.15) is 5.54 Å². The van der Waals surface area contributed by atoms with E-state index >= 15 is 0 Å². The summed E-state index contributed by atoms with van der Waals surface area (Å²) in [6.45, 7) is 1.39. The zero-order valence-corrected chi connectivity index (χ0v) is 16.2. The fourth-order valence-electron chi connectivity index (χ4n) is 4.25. The summed E-state index contributed by atoms with van der Waals surface area (Å²) >= 11 is 0. The Morgan fingerprint density at radius 2 is 1.03 bits per heavy atom. The molecule has 1 aliphatic heterocycles. The molecule has 0 amide bonds. The van der Waals surface area contributed by atoms with Gasteiger partial charge >= 0.3 is 0 Å². The van der Waals surface area contributed by atoms with Crippen LogP contribution < -0.4 is 5.32 Å². The molecule has 1 heterocycles. The molecule has 29 heavy (non-hydrogen) atoms. The van der Waals surface area contributed by atoms with Crippen molar-refractivity contribution < 1.29 is 4.74 Å². The Morgan fingerprint density at radius 3 is 1.55 bits per heavy atom. The highest BCUT2D eigenvalue weighted by molar-refractivity contribution is 5.61. The summed E-state index contributed by atoms with van der Waals surface area (Å²) in [5, 5.41) is 3.92. The van der Waals surface area contributed by atoms with Crippen molar-refractivity contribution in [2.24, 2.45) is 0 Å². The molecule has 0 fully saturated rings. The minimum absolute atomic E-state index is 0.503. The van der Waals surface area contributed by atoms with E-state index in [2.05, 4.69) is 115 Å². The second-order valence-electron chi connectivity index (χ2n) is 7.45. The van der Waals surface area contributed by atoms with Crippen molar-refractivity contribution in [3.63, 3.8) is 0 Å². The largest absolute Gasteiger partial charge is 0.372 e. The molecule has 0 spiro atoms. The summed E-state index contributed by atoms with van der Waals surface area (Å²) in [5.74, 6) is 0. The third-order valence-corrected chi connectivity index (χ3v) is 5.67. The van der Waals surface area contributed by atoms with Crippen molar-refractivity contribution in [1.29, 1.82) is 0 Å². The Labute approximate surface area is 171 Å². The molecule has 0 saturated carbocycles. The highest BCUT2D eigenvalue weighted by atomic mass is 16.5. The number of benzene rings is 4. The number of nitrogens with one attached hydrogen (secondary N) is 1. The molecule has 0 bridgehead atoms. The van der Waals surface area contributed by atoms with Gasteiger partial charge in [-0.2, -0.15) is 0 Å². The molecule has 4 aromatic carbocycles. The van der Waals surface area contributed by atoms with Gasteiger partial charge in [0, 0.05) is 5.69 Å². The summed E-state index contributed by atoms with van der Waals surface area (Å²) in [7, 11) is 0. The molecule has 0 atom stereocenters. The standard InChI is InChI=1S/C27H23NO/c1-4-10-23(11-5-1)27(24-12-6-2-7-13-24,25-14-8-3-9-15-25)28-26-17-16-21-19-29-20-22(21)18-26/h1-18,28H,19-20H2. The molecular weight excluding hydrogens is 354 g/mol. The average Bonchev–Trinajstić information content (AvgIpc) is 3.27. The van der Waals surface area contributed by atoms with Crippen LogP contribution in [-0.4, -0.2) is 0 Å². The van der Waals surface area contributed by atoms with Gasteiger partial charge in [-0.3, -0.25) is 0 Å². The van der Waals surface area contributed by atoms with E-state index in [9.17, 15) is 0 Å². The van der Waals surface area contributed by atoms with E-state index in [-0.39, 0.29) is 0 Å². The van der Waals surface area contributed by atoms with Crippen molar-refractivity contribution in [2.45, 2.75) is 18.8 Å². The molecule has 142 valence electrons. The molecule has 0 radical (unpaired) electrons. The first kappa shape index (κ1) is 17.7. The predicted molar refractivity (Wildman–Crippen MR) is 118 cm³/mol. The minimum Gasteiger partial charge on any atom is -0.372 e. The predicted octanol–water partition coefficient (Wildman–Crippen LogP) is 6.12. The Bertz CT molecular complexity index is 995.